The van der Waals surface area contributed by atoms with E-state index in [0.29, 0.717) is 36.1 Å². The molecule has 0 amide bonds. The average Bonchev–Trinajstić information content (AvgIpc) is 2.62. The molecule has 7 heteroatoms. The van der Waals surface area contributed by atoms with Crippen molar-refractivity contribution in [2.75, 3.05) is 31.2 Å². The lowest BCUT2D eigenvalue weighted by atomic mass is 10.2. The van der Waals surface area contributed by atoms with Crippen LogP contribution in [-0.2, 0) is 10.0 Å². The second-order valence-corrected chi connectivity index (χ2v) is 7.51. The van der Waals surface area contributed by atoms with E-state index in [4.69, 9.17) is 14.2 Å². The molecule has 1 aliphatic rings. The Morgan fingerprint density at radius 1 is 1.08 bits per heavy atom. The van der Waals surface area contributed by atoms with Gasteiger partial charge in [0, 0.05) is 12.6 Å². The van der Waals surface area contributed by atoms with E-state index >= 15 is 0 Å². The van der Waals surface area contributed by atoms with E-state index in [1.54, 1.807) is 25.1 Å². The summed E-state index contributed by atoms with van der Waals surface area (Å²) in [5, 5.41) is 0. The summed E-state index contributed by atoms with van der Waals surface area (Å²) in [5.41, 5.74) is 1.46. The Kier molecular flexibility index (Phi) is 4.76. The van der Waals surface area contributed by atoms with Gasteiger partial charge >= 0.3 is 0 Å². The summed E-state index contributed by atoms with van der Waals surface area (Å²) >= 11 is 0. The molecule has 0 fully saturated rings. The monoisotopic (exact) mass is 363 g/mol. The Morgan fingerprint density at radius 2 is 1.80 bits per heavy atom. The van der Waals surface area contributed by atoms with Crippen LogP contribution >= 0.6 is 0 Å². The molecular weight excluding hydrogens is 342 g/mol. The van der Waals surface area contributed by atoms with Gasteiger partial charge in [0.2, 0.25) is 0 Å². The Morgan fingerprint density at radius 3 is 2.48 bits per heavy atom. The zero-order chi connectivity index (χ0) is 18.0. The Balaban J connectivity index is 2.07. The highest BCUT2D eigenvalue weighted by Gasteiger charge is 2.28. The Bertz CT molecular complexity index is 879. The average molecular weight is 363 g/mol. The highest BCUT2D eigenvalue weighted by molar-refractivity contribution is 7.92. The van der Waals surface area contributed by atoms with Crippen LogP contribution in [0, 0.1) is 6.92 Å². The first kappa shape index (κ1) is 17.4. The molecule has 0 saturated carbocycles. The van der Waals surface area contributed by atoms with Gasteiger partial charge in [-0.1, -0.05) is 6.07 Å². The summed E-state index contributed by atoms with van der Waals surface area (Å²) < 4.78 is 44.1. The van der Waals surface area contributed by atoms with Gasteiger partial charge in [-0.05, 0) is 43.7 Å². The van der Waals surface area contributed by atoms with E-state index in [0.717, 1.165) is 5.56 Å². The fourth-order valence-corrected chi connectivity index (χ4v) is 4.27. The quantitative estimate of drug-likeness (QED) is 0.817. The van der Waals surface area contributed by atoms with Gasteiger partial charge in [-0.2, -0.15) is 0 Å². The highest BCUT2D eigenvalue weighted by atomic mass is 32.2. The maximum Gasteiger partial charge on any atom is 0.264 e. The summed E-state index contributed by atoms with van der Waals surface area (Å²) in [4.78, 5) is 0.155. The van der Waals surface area contributed by atoms with Crippen LogP contribution in [0.1, 0.15) is 12.5 Å². The summed E-state index contributed by atoms with van der Waals surface area (Å²) in [6.45, 7) is 4.84. The number of benzene rings is 2. The largest absolute Gasteiger partial charge is 0.495 e. The topological polar surface area (TPSA) is 65.1 Å². The lowest BCUT2D eigenvalue weighted by Gasteiger charge is -2.26. The standard InChI is InChI=1S/C18H21NO5S/c1-4-19(15-11-13(2)5-7-16(15)22-3)25(20,21)14-6-8-17-18(12-14)24-10-9-23-17/h5-8,11-12H,4,9-10H2,1-3H3. The third-order valence-electron chi connectivity index (χ3n) is 3.99. The molecular formula is C18H21NO5S. The molecule has 0 spiro atoms. The fraction of sp³-hybridized carbons (Fsp3) is 0.333. The van der Waals surface area contributed by atoms with Crippen molar-refractivity contribution < 1.29 is 22.6 Å². The third kappa shape index (κ3) is 3.24. The van der Waals surface area contributed by atoms with E-state index in [1.807, 2.05) is 13.0 Å². The summed E-state index contributed by atoms with van der Waals surface area (Å²) in [7, 11) is -2.24. The van der Waals surface area contributed by atoms with Crippen LogP contribution in [0.4, 0.5) is 5.69 Å². The van der Waals surface area contributed by atoms with Gasteiger partial charge in [0.1, 0.15) is 19.0 Å². The summed E-state index contributed by atoms with van der Waals surface area (Å²) in [5.74, 6) is 1.51. The first-order chi connectivity index (χ1) is 12.0. The number of hydrogen-bond donors (Lipinski definition) is 0. The molecule has 0 aromatic heterocycles. The van der Waals surface area contributed by atoms with E-state index in [2.05, 4.69) is 0 Å². The molecule has 0 unspecified atom stereocenters. The number of ether oxygens (including phenoxy) is 3. The minimum absolute atomic E-state index is 0.155. The molecule has 1 aliphatic heterocycles. The fourth-order valence-electron chi connectivity index (χ4n) is 2.78. The predicted octanol–water partition coefficient (Wildman–Crippen LogP) is 2.99. The maximum absolute atomic E-state index is 13.2. The summed E-state index contributed by atoms with van der Waals surface area (Å²) in [6.07, 6.45) is 0. The van der Waals surface area contributed by atoms with Crippen LogP contribution in [0.2, 0.25) is 0 Å². The van der Waals surface area contributed by atoms with Crippen molar-refractivity contribution in [2.45, 2.75) is 18.7 Å². The molecule has 1 heterocycles. The molecule has 6 nitrogen and oxygen atoms in total. The van der Waals surface area contributed by atoms with Crippen molar-refractivity contribution in [1.82, 2.24) is 0 Å². The lowest BCUT2D eigenvalue weighted by Crippen LogP contribution is -2.31. The van der Waals surface area contributed by atoms with Gasteiger partial charge in [0.05, 0.1) is 17.7 Å². The van der Waals surface area contributed by atoms with E-state index in [1.165, 1.54) is 23.5 Å². The molecule has 0 saturated heterocycles. The van der Waals surface area contributed by atoms with Crippen LogP contribution in [0.15, 0.2) is 41.3 Å². The van der Waals surface area contributed by atoms with Crippen molar-refractivity contribution in [2.24, 2.45) is 0 Å². The van der Waals surface area contributed by atoms with Gasteiger partial charge in [0.15, 0.2) is 11.5 Å². The zero-order valence-electron chi connectivity index (χ0n) is 14.5. The normalized spacial score (nSPS) is 13.4. The maximum atomic E-state index is 13.2. The molecule has 0 aliphatic carbocycles. The number of aryl methyl sites for hydroxylation is 1. The summed E-state index contributed by atoms with van der Waals surface area (Å²) in [6, 6.07) is 10.1. The molecule has 2 aromatic carbocycles. The number of anilines is 1. The molecule has 0 bridgehead atoms. The number of nitrogens with zero attached hydrogens (tertiary/aromatic N) is 1. The van der Waals surface area contributed by atoms with Crippen molar-refractivity contribution in [1.29, 1.82) is 0 Å². The Hall–Kier alpha value is -2.41. The van der Waals surface area contributed by atoms with Crippen LogP contribution in [0.5, 0.6) is 17.2 Å². The first-order valence-electron chi connectivity index (χ1n) is 8.04. The minimum Gasteiger partial charge on any atom is -0.495 e. The van der Waals surface area contributed by atoms with Crippen LogP contribution < -0.4 is 18.5 Å². The molecule has 0 atom stereocenters. The number of rotatable bonds is 5. The second kappa shape index (κ2) is 6.84. The number of hydrogen-bond acceptors (Lipinski definition) is 5. The first-order valence-corrected chi connectivity index (χ1v) is 9.48. The van der Waals surface area contributed by atoms with Gasteiger partial charge in [-0.3, -0.25) is 4.31 Å². The number of sulfonamides is 1. The molecule has 25 heavy (non-hydrogen) atoms. The van der Waals surface area contributed by atoms with Gasteiger partial charge in [-0.25, -0.2) is 8.42 Å². The van der Waals surface area contributed by atoms with E-state index in [9.17, 15) is 8.42 Å². The van der Waals surface area contributed by atoms with E-state index < -0.39 is 10.0 Å². The molecule has 134 valence electrons. The smallest absolute Gasteiger partial charge is 0.264 e. The van der Waals surface area contributed by atoms with Gasteiger partial charge in [-0.15, -0.1) is 0 Å². The van der Waals surface area contributed by atoms with Crippen molar-refractivity contribution in [3.8, 4) is 17.2 Å². The molecule has 0 radical (unpaired) electrons. The van der Waals surface area contributed by atoms with E-state index in [-0.39, 0.29) is 11.4 Å². The van der Waals surface area contributed by atoms with Crippen LogP contribution in [0.3, 0.4) is 0 Å². The number of methoxy groups -OCH3 is 1. The van der Waals surface area contributed by atoms with Crippen molar-refractivity contribution in [3.63, 3.8) is 0 Å². The molecule has 0 N–H and O–H groups in total. The molecule has 3 rings (SSSR count). The van der Waals surface area contributed by atoms with Crippen LogP contribution in [0.25, 0.3) is 0 Å². The predicted molar refractivity (Wildman–Crippen MR) is 95.4 cm³/mol. The second-order valence-electron chi connectivity index (χ2n) is 5.65. The van der Waals surface area contributed by atoms with Crippen molar-refractivity contribution >= 4 is 15.7 Å². The number of fused-ring (bicyclic) bond motifs is 1. The van der Waals surface area contributed by atoms with Crippen molar-refractivity contribution in [3.05, 3.63) is 42.0 Å². The molecule has 2 aromatic rings. The third-order valence-corrected chi connectivity index (χ3v) is 5.88. The Labute approximate surface area is 148 Å². The van der Waals surface area contributed by atoms with Crippen LogP contribution in [-0.4, -0.2) is 35.3 Å². The van der Waals surface area contributed by atoms with Gasteiger partial charge < -0.3 is 14.2 Å². The van der Waals surface area contributed by atoms with Gasteiger partial charge in [0.25, 0.3) is 10.0 Å². The SMILES string of the molecule is CCN(c1cc(C)ccc1OC)S(=O)(=O)c1ccc2c(c1)OCCO2. The highest BCUT2D eigenvalue weighted by Crippen LogP contribution is 2.36. The minimum atomic E-state index is -3.77. The zero-order valence-corrected chi connectivity index (χ0v) is 15.3. The lowest BCUT2D eigenvalue weighted by molar-refractivity contribution is 0.171.